The number of nitrogens with zero attached hydrogens (tertiary/aromatic N) is 2. The van der Waals surface area contributed by atoms with E-state index in [9.17, 15) is 77.0 Å². The normalized spacial score (nSPS) is 19.0. The average Bonchev–Trinajstić information content (AvgIpc) is 1.63. The molecule has 96 heavy (non-hydrogen) atoms. The quantitative estimate of drug-likeness (QED) is 0.0153. The summed E-state index contributed by atoms with van der Waals surface area (Å²) in [5.41, 5.74) is 27.6. The zero-order valence-electron chi connectivity index (χ0n) is 55.9. The highest BCUT2D eigenvalue weighted by Gasteiger charge is 2.43. The first-order valence-corrected chi connectivity index (χ1v) is 33.0. The Bertz CT molecular complexity index is 2750. The van der Waals surface area contributed by atoms with Crippen LogP contribution in [0.25, 0.3) is 0 Å². The maximum Gasteiger partial charge on any atom is 0.326 e. The standard InChI is InChI=1S/C60H104N20O16/c1-31(2)46(78-51(87)36-17-11-27-67-36)58(94)80-30-14-20-43(80)56(92)75-39(21-23-44(63)81)53(89)72-35(6)49(85)76-40(16-8-10-26-62)57(93)79-29-13-19-42(79)55(91)74-38(18-12-28-68-60(65)66)54(90)73-37(15-7-9-25-61)52(88)71-33(4)48(84)69-32(3)47(83)70-34(5)50(86)77-41(59(95)96)22-24-45(64)82/h31-43,46,67H,7-30,61-62H2,1-6H3,(H2,63,81)(H2,64,82)(H,69,84)(H,70,83)(H,71,88)(H,72,89)(H,73,90)(H,74,91)(H,75,92)(H,76,85)(H,77,86)(H,78,87)(H,95,96)(H4,65,66,68)/t32-,33-,34-,35-,36-,37-,38-,39-,40-,41-,42-,43-,46-/m0/s1. The van der Waals surface area contributed by atoms with Crippen molar-refractivity contribution < 1.29 is 77.0 Å². The zero-order chi connectivity index (χ0) is 71.9. The minimum absolute atomic E-state index is 0.000690. The lowest BCUT2D eigenvalue weighted by Gasteiger charge is -2.32. The van der Waals surface area contributed by atoms with Gasteiger partial charge in [-0.15, -0.1) is 0 Å². The number of carbonyl (C=O) groups is 15. The molecule has 14 amide bonds. The molecule has 3 rings (SSSR count). The Hall–Kier alpha value is -8.80. The molecule has 36 nitrogen and oxygen atoms in total. The molecule has 0 aromatic carbocycles. The Morgan fingerprint density at radius 1 is 0.458 bits per heavy atom. The second-order valence-corrected chi connectivity index (χ2v) is 24.9. The van der Waals surface area contributed by atoms with E-state index < -0.39 is 161 Å². The lowest BCUT2D eigenvalue weighted by Crippen LogP contribution is -2.60. The molecule has 36 heteroatoms. The van der Waals surface area contributed by atoms with Crippen molar-refractivity contribution in [2.24, 2.45) is 34.6 Å². The molecule has 0 aliphatic carbocycles. The third kappa shape index (κ3) is 27.1. The molecule has 540 valence electrons. The number of nitrogens with one attached hydrogen (secondary N) is 13. The molecule has 3 fully saturated rings. The fourth-order valence-electron chi connectivity index (χ4n) is 11.0. The summed E-state index contributed by atoms with van der Waals surface area (Å²) < 4.78 is 0. The van der Waals surface area contributed by atoms with Crippen LogP contribution in [0.5, 0.6) is 0 Å². The van der Waals surface area contributed by atoms with Gasteiger partial charge in [-0.05, 0) is 156 Å². The lowest BCUT2D eigenvalue weighted by molar-refractivity contribution is -0.143. The molecule has 0 radical (unpaired) electrons. The highest BCUT2D eigenvalue weighted by molar-refractivity contribution is 6.00. The number of aliphatic carboxylic acids is 1. The minimum atomic E-state index is -1.49. The first kappa shape index (κ1) is 81.4. The van der Waals surface area contributed by atoms with Gasteiger partial charge in [0.05, 0.1) is 6.04 Å². The summed E-state index contributed by atoms with van der Waals surface area (Å²) in [4.78, 5) is 203. The van der Waals surface area contributed by atoms with Crippen LogP contribution in [-0.2, 0) is 71.9 Å². The van der Waals surface area contributed by atoms with Gasteiger partial charge in [-0.2, -0.15) is 0 Å². The van der Waals surface area contributed by atoms with Crippen LogP contribution in [0.4, 0.5) is 0 Å². The fourth-order valence-corrected chi connectivity index (χ4v) is 11.0. The maximum atomic E-state index is 14.6. The summed E-state index contributed by atoms with van der Waals surface area (Å²) in [7, 11) is 0. The van der Waals surface area contributed by atoms with Crippen molar-refractivity contribution in [1.82, 2.24) is 73.6 Å². The first-order valence-electron chi connectivity index (χ1n) is 33.0. The second kappa shape index (κ2) is 41.2. The average molecular weight is 1360 g/mol. The van der Waals surface area contributed by atoms with Crippen LogP contribution in [0.15, 0.2) is 0 Å². The van der Waals surface area contributed by atoms with Crippen LogP contribution in [0.1, 0.15) is 157 Å². The number of nitrogens with two attached hydrogens (primary N) is 5. The largest absolute Gasteiger partial charge is 0.480 e. The monoisotopic (exact) mass is 1360 g/mol. The smallest absolute Gasteiger partial charge is 0.326 e. The van der Waals surface area contributed by atoms with Crippen LogP contribution in [0, 0.1) is 11.3 Å². The van der Waals surface area contributed by atoms with Gasteiger partial charge in [-0.1, -0.05) is 13.8 Å². The fraction of sp³-hybridized carbons (Fsp3) is 0.733. The summed E-state index contributed by atoms with van der Waals surface area (Å²) in [5.74, 6) is -12.7. The number of carbonyl (C=O) groups excluding carboxylic acids is 14. The molecule has 0 aromatic heterocycles. The lowest BCUT2D eigenvalue weighted by atomic mass is 10.0. The predicted molar refractivity (Wildman–Crippen MR) is 347 cm³/mol. The SMILES string of the molecule is CC(C)[C@H](NC(=O)[C@@H]1CCCN1)C(=O)N1CCC[C@H]1C(=O)N[C@@H](CCC(N)=O)C(=O)N[C@@H](C)C(=O)N[C@@H](CCCCN)C(=O)N1CCC[C@H]1C(=O)N[C@@H](CCCNC(=N)N)C(=O)N[C@@H](CCCCN)C(=O)N[C@@H](C)C(=O)N[C@@H](C)C(=O)N[C@@H](C)C(=O)N[C@@H](CCC(N)=O)C(=O)O. The van der Waals surface area contributed by atoms with Gasteiger partial charge in [-0.3, -0.25) is 72.5 Å². The first-order chi connectivity index (χ1) is 45.3. The number of hydrogen-bond donors (Lipinski definition) is 19. The number of amides is 14. The van der Waals surface area contributed by atoms with Crippen LogP contribution in [0.3, 0.4) is 0 Å². The van der Waals surface area contributed by atoms with E-state index in [1.807, 2.05) is 0 Å². The number of hydrogen-bond acceptors (Lipinski definition) is 19. The van der Waals surface area contributed by atoms with Crippen molar-refractivity contribution in [2.75, 3.05) is 39.3 Å². The van der Waals surface area contributed by atoms with Crippen LogP contribution in [0.2, 0.25) is 0 Å². The van der Waals surface area contributed by atoms with Crippen molar-refractivity contribution in [1.29, 1.82) is 5.41 Å². The van der Waals surface area contributed by atoms with Gasteiger partial charge in [0.15, 0.2) is 5.96 Å². The third-order valence-corrected chi connectivity index (χ3v) is 16.7. The predicted octanol–water partition coefficient (Wildman–Crippen LogP) is -6.56. The van der Waals surface area contributed by atoms with Gasteiger partial charge in [0.1, 0.15) is 72.5 Å². The molecule has 0 unspecified atom stereocenters. The van der Waals surface area contributed by atoms with E-state index in [0.29, 0.717) is 51.5 Å². The molecule has 3 saturated heterocycles. The van der Waals surface area contributed by atoms with Crippen LogP contribution >= 0.6 is 0 Å². The Morgan fingerprint density at radius 3 is 1.29 bits per heavy atom. The molecule has 0 saturated carbocycles. The van der Waals surface area contributed by atoms with Crippen molar-refractivity contribution in [3.05, 3.63) is 0 Å². The summed E-state index contributed by atoms with van der Waals surface area (Å²) in [6.07, 6.45) is 2.83. The van der Waals surface area contributed by atoms with E-state index in [-0.39, 0.29) is 115 Å². The second-order valence-electron chi connectivity index (χ2n) is 24.9. The third-order valence-electron chi connectivity index (χ3n) is 16.7. The number of likely N-dealkylation sites (tertiary alicyclic amines) is 2. The van der Waals surface area contributed by atoms with Crippen molar-refractivity contribution >= 4 is 94.6 Å². The van der Waals surface area contributed by atoms with E-state index in [1.54, 1.807) is 13.8 Å². The summed E-state index contributed by atoms with van der Waals surface area (Å²) in [5, 5.41) is 48.3. The summed E-state index contributed by atoms with van der Waals surface area (Å²) in [6.45, 7) is 10.1. The molecular formula is C60H104N20O16. The van der Waals surface area contributed by atoms with E-state index >= 15 is 0 Å². The molecular weight excluding hydrogens is 1260 g/mol. The van der Waals surface area contributed by atoms with Gasteiger partial charge in [0, 0.05) is 32.5 Å². The maximum absolute atomic E-state index is 14.6. The number of unbranched alkanes of at least 4 members (excludes halogenated alkanes) is 2. The molecule has 13 atom stereocenters. The van der Waals surface area contributed by atoms with Crippen molar-refractivity contribution in [2.45, 2.75) is 236 Å². The van der Waals surface area contributed by atoms with Gasteiger partial charge >= 0.3 is 5.97 Å². The number of guanidine groups is 1. The topological polar surface area (TPSA) is 581 Å². The highest BCUT2D eigenvalue weighted by atomic mass is 16.4. The molecule has 3 aliphatic heterocycles. The summed E-state index contributed by atoms with van der Waals surface area (Å²) >= 11 is 0. The highest BCUT2D eigenvalue weighted by Crippen LogP contribution is 2.23. The number of primary amides is 2. The summed E-state index contributed by atoms with van der Waals surface area (Å²) in [6, 6.07) is -15.8. The number of carboxylic acids is 1. The van der Waals surface area contributed by atoms with Gasteiger partial charge in [0.2, 0.25) is 82.7 Å². The van der Waals surface area contributed by atoms with Crippen LogP contribution < -0.4 is 92.5 Å². The molecule has 0 bridgehead atoms. The number of carboxylic acid groups (broad SMARTS) is 1. The van der Waals surface area contributed by atoms with Gasteiger partial charge < -0.3 is 107 Å². The van der Waals surface area contributed by atoms with Gasteiger partial charge in [-0.25, -0.2) is 4.79 Å². The van der Waals surface area contributed by atoms with Crippen LogP contribution in [-0.4, -0.2) is 227 Å². The molecule has 3 aliphatic rings. The Kier molecular flexibility index (Phi) is 35.0. The van der Waals surface area contributed by atoms with E-state index in [0.717, 1.165) is 6.42 Å². The molecule has 24 N–H and O–H groups in total. The van der Waals surface area contributed by atoms with E-state index in [4.69, 9.17) is 34.1 Å². The Balaban J connectivity index is 1.77. The van der Waals surface area contributed by atoms with Gasteiger partial charge in [0.25, 0.3) is 0 Å². The molecule has 0 aromatic rings. The van der Waals surface area contributed by atoms with E-state index in [1.165, 1.54) is 37.5 Å². The molecule has 3 heterocycles. The van der Waals surface area contributed by atoms with Crippen molar-refractivity contribution in [3.63, 3.8) is 0 Å². The number of rotatable bonds is 42. The van der Waals surface area contributed by atoms with Crippen molar-refractivity contribution in [3.8, 4) is 0 Å². The molecule has 0 spiro atoms. The Morgan fingerprint density at radius 2 is 0.854 bits per heavy atom. The minimum Gasteiger partial charge on any atom is -0.480 e. The van der Waals surface area contributed by atoms with E-state index in [2.05, 4.69) is 63.8 Å². The zero-order valence-corrected chi connectivity index (χ0v) is 55.9. The Labute approximate surface area is 558 Å².